The summed E-state index contributed by atoms with van der Waals surface area (Å²) in [5.41, 5.74) is 5.99. The van der Waals surface area contributed by atoms with Crippen molar-refractivity contribution in [3.63, 3.8) is 0 Å². The summed E-state index contributed by atoms with van der Waals surface area (Å²) in [6.07, 6.45) is 3.41. The summed E-state index contributed by atoms with van der Waals surface area (Å²) >= 11 is 1.84. The van der Waals surface area contributed by atoms with Crippen molar-refractivity contribution in [2.24, 2.45) is 16.6 Å². The van der Waals surface area contributed by atoms with Crippen molar-refractivity contribution in [3.8, 4) is 0 Å². The Bertz CT molecular complexity index is 463. The lowest BCUT2D eigenvalue weighted by molar-refractivity contribution is 0.128. The molecule has 0 amide bonds. The number of nitrogens with two attached hydrogens (primary N) is 1. The third-order valence-electron chi connectivity index (χ3n) is 4.31. The van der Waals surface area contributed by atoms with Crippen LogP contribution in [-0.4, -0.2) is 50.8 Å². The highest BCUT2D eigenvalue weighted by Gasteiger charge is 2.30. The van der Waals surface area contributed by atoms with Gasteiger partial charge in [0.15, 0.2) is 5.96 Å². The Kier molecular flexibility index (Phi) is 7.85. The van der Waals surface area contributed by atoms with Crippen LogP contribution in [-0.2, 0) is 4.74 Å². The highest BCUT2D eigenvalue weighted by molar-refractivity contribution is 7.10. The van der Waals surface area contributed by atoms with Gasteiger partial charge in [0.05, 0.1) is 0 Å². The van der Waals surface area contributed by atoms with Crippen molar-refractivity contribution in [2.75, 3.05) is 39.9 Å². The Balaban J connectivity index is 1.83. The number of piperidine rings is 1. The Morgan fingerprint density at radius 2 is 2.43 bits per heavy atom. The van der Waals surface area contributed by atoms with Crippen LogP contribution in [0.1, 0.15) is 37.1 Å². The average molecular weight is 339 g/mol. The number of nitrogens with zero attached hydrogens (tertiary/aromatic N) is 2. The summed E-state index contributed by atoms with van der Waals surface area (Å²) in [5.74, 6) is 1.09. The zero-order valence-corrected chi connectivity index (χ0v) is 15.1. The minimum absolute atomic E-state index is 0.471. The fourth-order valence-electron chi connectivity index (χ4n) is 3.17. The van der Waals surface area contributed by atoms with Crippen LogP contribution in [0, 0.1) is 5.92 Å². The van der Waals surface area contributed by atoms with Gasteiger partial charge in [0.1, 0.15) is 0 Å². The van der Waals surface area contributed by atoms with Gasteiger partial charge in [-0.05, 0) is 57.1 Å². The molecule has 0 aliphatic carbocycles. The number of guanidine groups is 1. The van der Waals surface area contributed by atoms with Crippen molar-refractivity contribution in [1.82, 2.24) is 10.2 Å². The molecule has 2 rings (SSSR count). The lowest BCUT2D eigenvalue weighted by Gasteiger charge is -2.38. The standard InChI is InChI=1S/C17H30N4OS/c1-3-22-11-6-9-19-17(18)20-13-14-7-4-10-21(2)16(14)15-8-5-12-23-15/h5,8,12,14,16H,3-4,6-7,9-11,13H2,1-2H3,(H3,18,19,20). The maximum atomic E-state index is 5.99. The number of nitrogens with one attached hydrogen (secondary N) is 1. The molecular weight excluding hydrogens is 308 g/mol. The lowest BCUT2D eigenvalue weighted by Crippen LogP contribution is -2.38. The van der Waals surface area contributed by atoms with E-state index in [1.54, 1.807) is 0 Å². The van der Waals surface area contributed by atoms with Crippen LogP contribution in [0.4, 0.5) is 0 Å². The van der Waals surface area contributed by atoms with Crippen LogP contribution < -0.4 is 11.1 Å². The van der Waals surface area contributed by atoms with Crippen molar-refractivity contribution in [3.05, 3.63) is 22.4 Å². The minimum Gasteiger partial charge on any atom is -0.382 e. The molecule has 2 atom stereocenters. The largest absolute Gasteiger partial charge is 0.382 e. The molecule has 1 fully saturated rings. The van der Waals surface area contributed by atoms with E-state index < -0.39 is 0 Å². The highest BCUT2D eigenvalue weighted by Crippen LogP contribution is 2.37. The van der Waals surface area contributed by atoms with E-state index in [9.17, 15) is 0 Å². The number of hydrogen-bond acceptors (Lipinski definition) is 4. The number of hydrogen-bond donors (Lipinski definition) is 2. The predicted molar refractivity (Wildman–Crippen MR) is 98.0 cm³/mol. The van der Waals surface area contributed by atoms with E-state index in [4.69, 9.17) is 10.5 Å². The first-order valence-corrected chi connectivity index (χ1v) is 9.45. The predicted octanol–water partition coefficient (Wildman–Crippen LogP) is 2.46. The van der Waals surface area contributed by atoms with Gasteiger partial charge in [0.2, 0.25) is 0 Å². The van der Waals surface area contributed by atoms with Gasteiger partial charge in [-0.3, -0.25) is 9.89 Å². The third-order valence-corrected chi connectivity index (χ3v) is 5.26. The molecule has 5 nitrogen and oxygen atoms in total. The molecule has 1 aromatic heterocycles. The van der Waals surface area contributed by atoms with Crippen LogP contribution >= 0.6 is 11.3 Å². The first-order chi connectivity index (χ1) is 11.2. The number of ether oxygens (including phenoxy) is 1. The Hall–Kier alpha value is -1.11. The van der Waals surface area contributed by atoms with Crippen molar-refractivity contribution < 1.29 is 4.74 Å². The minimum atomic E-state index is 0.471. The van der Waals surface area contributed by atoms with Gasteiger partial charge in [-0.2, -0.15) is 0 Å². The summed E-state index contributed by atoms with van der Waals surface area (Å²) in [4.78, 5) is 8.48. The van der Waals surface area contributed by atoms with Crippen LogP contribution in [0.5, 0.6) is 0 Å². The summed E-state index contributed by atoms with van der Waals surface area (Å²) in [7, 11) is 2.22. The van der Waals surface area contributed by atoms with Crippen molar-refractivity contribution >= 4 is 17.3 Å². The van der Waals surface area contributed by atoms with Gasteiger partial charge in [-0.25, -0.2) is 0 Å². The topological polar surface area (TPSA) is 62.9 Å². The molecule has 0 bridgehead atoms. The van der Waals surface area contributed by atoms with E-state index in [-0.39, 0.29) is 0 Å². The van der Waals surface area contributed by atoms with Gasteiger partial charge in [0, 0.05) is 37.2 Å². The van der Waals surface area contributed by atoms with E-state index in [1.165, 1.54) is 17.7 Å². The van der Waals surface area contributed by atoms with E-state index >= 15 is 0 Å². The summed E-state index contributed by atoms with van der Waals surface area (Å²) in [5, 5.41) is 5.34. The van der Waals surface area contributed by atoms with E-state index in [2.05, 4.69) is 39.8 Å². The molecule has 0 spiro atoms. The first kappa shape index (κ1) is 18.2. The molecule has 1 aromatic rings. The molecule has 1 saturated heterocycles. The zero-order valence-electron chi connectivity index (χ0n) is 14.3. The van der Waals surface area contributed by atoms with Gasteiger partial charge in [-0.15, -0.1) is 11.3 Å². The molecular formula is C17H30N4OS. The average Bonchev–Trinajstić information content (AvgIpc) is 3.06. The molecule has 6 heteroatoms. The maximum Gasteiger partial charge on any atom is 0.188 e. The second-order valence-electron chi connectivity index (χ2n) is 6.05. The smallest absolute Gasteiger partial charge is 0.188 e. The molecule has 3 N–H and O–H groups in total. The van der Waals surface area contributed by atoms with Gasteiger partial charge in [0.25, 0.3) is 0 Å². The molecule has 2 unspecified atom stereocenters. The van der Waals surface area contributed by atoms with E-state index in [0.29, 0.717) is 17.9 Å². The molecule has 23 heavy (non-hydrogen) atoms. The van der Waals surface area contributed by atoms with Crippen molar-refractivity contribution in [1.29, 1.82) is 0 Å². The molecule has 2 heterocycles. The van der Waals surface area contributed by atoms with Crippen LogP contribution in [0.3, 0.4) is 0 Å². The molecule has 1 aliphatic rings. The zero-order chi connectivity index (χ0) is 16.5. The molecule has 0 aromatic carbocycles. The Morgan fingerprint density at radius 1 is 1.57 bits per heavy atom. The van der Waals surface area contributed by atoms with E-state index in [0.717, 1.165) is 39.3 Å². The molecule has 0 radical (unpaired) electrons. The van der Waals surface area contributed by atoms with Crippen LogP contribution in [0.2, 0.25) is 0 Å². The first-order valence-electron chi connectivity index (χ1n) is 8.57. The Labute approximate surface area is 143 Å². The van der Waals surface area contributed by atoms with Gasteiger partial charge >= 0.3 is 0 Å². The number of rotatable bonds is 8. The maximum absolute atomic E-state index is 5.99. The second kappa shape index (κ2) is 9.90. The number of aliphatic imine (C=N–C) groups is 1. The lowest BCUT2D eigenvalue weighted by atomic mass is 9.88. The summed E-state index contributed by atoms with van der Waals surface area (Å²) in [6.45, 7) is 6.31. The van der Waals surface area contributed by atoms with Gasteiger partial charge in [-0.1, -0.05) is 6.07 Å². The SMILES string of the molecule is CCOCCCNC(N)=NCC1CCCN(C)C1c1cccs1. The summed E-state index contributed by atoms with van der Waals surface area (Å²) in [6, 6.07) is 4.85. The second-order valence-corrected chi connectivity index (χ2v) is 7.03. The van der Waals surface area contributed by atoms with Gasteiger partial charge < -0.3 is 15.8 Å². The normalized spacial score (nSPS) is 23.1. The fourth-order valence-corrected chi connectivity index (χ4v) is 4.15. The summed E-state index contributed by atoms with van der Waals surface area (Å²) < 4.78 is 5.31. The Morgan fingerprint density at radius 3 is 3.17 bits per heavy atom. The van der Waals surface area contributed by atoms with E-state index in [1.807, 2.05) is 18.3 Å². The number of likely N-dealkylation sites (tertiary alicyclic amines) is 1. The molecule has 0 saturated carbocycles. The number of thiophene rings is 1. The van der Waals surface area contributed by atoms with Crippen LogP contribution in [0.15, 0.2) is 22.5 Å². The highest BCUT2D eigenvalue weighted by atomic mass is 32.1. The fraction of sp³-hybridized carbons (Fsp3) is 0.706. The monoisotopic (exact) mass is 338 g/mol. The van der Waals surface area contributed by atoms with Crippen molar-refractivity contribution in [2.45, 2.75) is 32.2 Å². The third kappa shape index (κ3) is 5.79. The molecule has 130 valence electrons. The quantitative estimate of drug-likeness (QED) is 0.434. The van der Waals surface area contributed by atoms with Crippen LogP contribution in [0.25, 0.3) is 0 Å². The molecule has 1 aliphatic heterocycles.